The Hall–Kier alpha value is -1.34. The highest BCUT2D eigenvalue weighted by atomic mass is 79.9. The highest BCUT2D eigenvalue weighted by molar-refractivity contribution is 9.11. The summed E-state index contributed by atoms with van der Waals surface area (Å²) < 4.78 is 2.39. The molecule has 0 saturated carbocycles. The lowest BCUT2D eigenvalue weighted by Crippen LogP contribution is -2.35. The van der Waals surface area contributed by atoms with E-state index in [1.165, 1.54) is 11.3 Å². The summed E-state index contributed by atoms with van der Waals surface area (Å²) in [6.07, 6.45) is 3.06. The molecule has 0 aliphatic heterocycles. The highest BCUT2D eigenvalue weighted by Crippen LogP contribution is 2.29. The van der Waals surface area contributed by atoms with Gasteiger partial charge in [0.25, 0.3) is 5.56 Å². The van der Waals surface area contributed by atoms with E-state index in [1.807, 2.05) is 19.2 Å². The molecular formula is C15H16BrN3O2S. The van der Waals surface area contributed by atoms with Gasteiger partial charge in [-0.15, -0.1) is 11.3 Å². The number of carbonyl (C=O) groups excluding carboxylic acids is 1. The molecule has 0 aromatic carbocycles. The standard InChI is InChI=1S/C15H16BrN3O2S/c1-8(2)19-7-17-11-3-4-12(20)10(13(11)14(19)21)5-9-6-22-15(16)18-9/h6-8,10H,3-5H2,1-2H3. The Labute approximate surface area is 140 Å². The molecule has 0 N–H and O–H groups in total. The second-order valence-electron chi connectivity index (χ2n) is 5.73. The highest BCUT2D eigenvalue weighted by Gasteiger charge is 2.32. The van der Waals surface area contributed by atoms with Crippen LogP contribution in [0.2, 0.25) is 0 Å². The summed E-state index contributed by atoms with van der Waals surface area (Å²) >= 11 is 4.82. The van der Waals surface area contributed by atoms with Crippen LogP contribution in [0, 0.1) is 0 Å². The predicted molar refractivity (Wildman–Crippen MR) is 88.5 cm³/mol. The van der Waals surface area contributed by atoms with Crippen LogP contribution in [0.1, 0.15) is 49.2 Å². The summed E-state index contributed by atoms with van der Waals surface area (Å²) in [6.45, 7) is 3.87. The van der Waals surface area contributed by atoms with Crippen molar-refractivity contribution in [3.63, 3.8) is 0 Å². The van der Waals surface area contributed by atoms with Gasteiger partial charge in [0.15, 0.2) is 3.92 Å². The van der Waals surface area contributed by atoms with E-state index in [0.717, 1.165) is 15.3 Å². The number of rotatable bonds is 3. The van der Waals surface area contributed by atoms with E-state index in [-0.39, 0.29) is 17.4 Å². The lowest BCUT2D eigenvalue weighted by Gasteiger charge is -2.24. The minimum atomic E-state index is -0.427. The van der Waals surface area contributed by atoms with E-state index in [1.54, 1.807) is 10.9 Å². The van der Waals surface area contributed by atoms with E-state index in [0.29, 0.717) is 24.8 Å². The summed E-state index contributed by atoms with van der Waals surface area (Å²) in [7, 11) is 0. The van der Waals surface area contributed by atoms with Gasteiger partial charge in [-0.1, -0.05) is 0 Å². The monoisotopic (exact) mass is 381 g/mol. The minimum absolute atomic E-state index is 0.0244. The normalized spacial score (nSPS) is 17.8. The molecule has 1 unspecified atom stereocenters. The zero-order valence-electron chi connectivity index (χ0n) is 12.4. The summed E-state index contributed by atoms with van der Waals surface area (Å²) in [5.74, 6) is -0.319. The van der Waals surface area contributed by atoms with Crippen LogP contribution in [-0.4, -0.2) is 20.3 Å². The van der Waals surface area contributed by atoms with E-state index < -0.39 is 5.92 Å². The van der Waals surface area contributed by atoms with Crippen molar-refractivity contribution < 1.29 is 4.79 Å². The molecule has 0 spiro atoms. The third-order valence-electron chi connectivity index (χ3n) is 3.95. The van der Waals surface area contributed by atoms with E-state index in [4.69, 9.17) is 0 Å². The third kappa shape index (κ3) is 2.79. The fourth-order valence-electron chi connectivity index (χ4n) is 2.81. The number of carbonyl (C=O) groups is 1. The first-order chi connectivity index (χ1) is 10.5. The predicted octanol–water partition coefficient (Wildman–Crippen LogP) is 2.88. The maximum absolute atomic E-state index is 12.8. The maximum atomic E-state index is 12.8. The van der Waals surface area contributed by atoms with Gasteiger partial charge in [0.1, 0.15) is 5.78 Å². The minimum Gasteiger partial charge on any atom is -0.299 e. The maximum Gasteiger partial charge on any atom is 0.257 e. The second-order valence-corrected chi connectivity index (χ2v) is 7.86. The first kappa shape index (κ1) is 15.6. The van der Waals surface area contributed by atoms with Gasteiger partial charge >= 0.3 is 0 Å². The van der Waals surface area contributed by atoms with Gasteiger partial charge in [0, 0.05) is 29.8 Å². The number of hydrogen-bond donors (Lipinski definition) is 0. The molecule has 0 amide bonds. The molecule has 3 rings (SSSR count). The van der Waals surface area contributed by atoms with E-state index in [2.05, 4.69) is 25.9 Å². The largest absolute Gasteiger partial charge is 0.299 e. The van der Waals surface area contributed by atoms with Crippen molar-refractivity contribution in [1.82, 2.24) is 14.5 Å². The van der Waals surface area contributed by atoms with E-state index in [9.17, 15) is 9.59 Å². The number of aromatic nitrogens is 3. The van der Waals surface area contributed by atoms with Gasteiger partial charge in [-0.25, -0.2) is 9.97 Å². The van der Waals surface area contributed by atoms with Gasteiger partial charge in [-0.05, 0) is 36.2 Å². The molecule has 7 heteroatoms. The van der Waals surface area contributed by atoms with Crippen LogP contribution in [0.5, 0.6) is 0 Å². The average Bonchev–Trinajstić information content (AvgIpc) is 2.87. The SMILES string of the molecule is CC(C)n1cnc2c(c1=O)C(Cc1csc(Br)n1)C(=O)CC2. The molecule has 22 heavy (non-hydrogen) atoms. The molecule has 0 fully saturated rings. The Balaban J connectivity index is 2.07. The summed E-state index contributed by atoms with van der Waals surface area (Å²) in [6, 6.07) is 0.0244. The molecule has 0 bridgehead atoms. The number of Topliss-reactive ketones (excluding diaryl/α,β-unsaturated/α-hetero) is 1. The fourth-order valence-corrected chi connectivity index (χ4v) is 3.87. The Kier molecular flexibility index (Phi) is 4.27. The first-order valence-corrected chi connectivity index (χ1v) is 8.87. The van der Waals surface area contributed by atoms with Crippen molar-refractivity contribution in [2.24, 2.45) is 0 Å². The van der Waals surface area contributed by atoms with Crippen LogP contribution >= 0.6 is 27.3 Å². The van der Waals surface area contributed by atoms with Crippen LogP contribution in [0.15, 0.2) is 20.4 Å². The van der Waals surface area contributed by atoms with Gasteiger partial charge in [-0.3, -0.25) is 14.2 Å². The molecule has 0 radical (unpaired) electrons. The molecule has 1 aliphatic rings. The van der Waals surface area contributed by atoms with Crippen LogP contribution in [0.25, 0.3) is 0 Å². The van der Waals surface area contributed by atoms with Crippen molar-refractivity contribution in [3.8, 4) is 0 Å². The number of fused-ring (bicyclic) bond motifs is 1. The van der Waals surface area contributed by atoms with Crippen molar-refractivity contribution in [3.05, 3.63) is 42.9 Å². The summed E-state index contributed by atoms with van der Waals surface area (Å²) in [4.78, 5) is 33.9. The molecule has 2 heterocycles. The lowest BCUT2D eigenvalue weighted by molar-refractivity contribution is -0.121. The summed E-state index contributed by atoms with van der Waals surface area (Å²) in [5, 5.41) is 1.92. The smallest absolute Gasteiger partial charge is 0.257 e. The van der Waals surface area contributed by atoms with Crippen LogP contribution in [0.3, 0.4) is 0 Å². The lowest BCUT2D eigenvalue weighted by atomic mass is 9.82. The zero-order chi connectivity index (χ0) is 15.9. The number of aryl methyl sites for hydroxylation is 1. The number of hydrogen-bond acceptors (Lipinski definition) is 5. The zero-order valence-corrected chi connectivity index (χ0v) is 14.8. The number of nitrogens with zero attached hydrogens (tertiary/aromatic N) is 3. The molecule has 1 atom stereocenters. The van der Waals surface area contributed by atoms with Crippen molar-refractivity contribution >= 4 is 33.0 Å². The molecular weight excluding hydrogens is 366 g/mol. The van der Waals surface area contributed by atoms with Gasteiger partial charge in [-0.2, -0.15) is 0 Å². The number of ketones is 1. The Morgan fingerprint density at radius 2 is 2.18 bits per heavy atom. The van der Waals surface area contributed by atoms with E-state index >= 15 is 0 Å². The van der Waals surface area contributed by atoms with Crippen LogP contribution in [-0.2, 0) is 17.6 Å². The molecule has 116 valence electrons. The van der Waals surface area contributed by atoms with Crippen molar-refractivity contribution in [1.29, 1.82) is 0 Å². The third-order valence-corrected chi connectivity index (χ3v) is 5.37. The van der Waals surface area contributed by atoms with Gasteiger partial charge in [0.05, 0.1) is 23.6 Å². The van der Waals surface area contributed by atoms with Crippen molar-refractivity contribution in [2.45, 2.75) is 45.1 Å². The van der Waals surface area contributed by atoms with Crippen molar-refractivity contribution in [2.75, 3.05) is 0 Å². The van der Waals surface area contributed by atoms with Crippen LogP contribution in [0.4, 0.5) is 0 Å². The first-order valence-electron chi connectivity index (χ1n) is 7.20. The van der Waals surface area contributed by atoms with Gasteiger partial charge in [0.2, 0.25) is 0 Å². The number of halogens is 1. The van der Waals surface area contributed by atoms with Crippen LogP contribution < -0.4 is 5.56 Å². The fraction of sp³-hybridized carbons (Fsp3) is 0.467. The summed E-state index contributed by atoms with van der Waals surface area (Å²) in [5.41, 5.74) is 2.08. The molecule has 2 aromatic rings. The molecule has 0 saturated heterocycles. The Bertz CT molecular complexity index is 781. The van der Waals surface area contributed by atoms with Gasteiger partial charge < -0.3 is 0 Å². The second kappa shape index (κ2) is 6.04. The molecule has 2 aromatic heterocycles. The molecule has 1 aliphatic carbocycles. The Morgan fingerprint density at radius 3 is 2.82 bits per heavy atom. The molecule has 5 nitrogen and oxygen atoms in total. The average molecular weight is 382 g/mol. The number of thiazole rings is 1. The Morgan fingerprint density at radius 1 is 1.41 bits per heavy atom. The topological polar surface area (TPSA) is 64.8 Å². The quantitative estimate of drug-likeness (QED) is 0.819.